The Hall–Kier alpha value is -1.26. The predicted molar refractivity (Wildman–Crippen MR) is 69.8 cm³/mol. The predicted octanol–water partition coefficient (Wildman–Crippen LogP) is -3.37. The van der Waals surface area contributed by atoms with E-state index in [4.69, 9.17) is 5.11 Å². The quantitative estimate of drug-likeness (QED) is 0.332. The van der Waals surface area contributed by atoms with Crippen LogP contribution in [0.15, 0.2) is 0 Å². The molecule has 0 aromatic heterocycles. The van der Waals surface area contributed by atoms with Crippen molar-refractivity contribution in [3.05, 3.63) is 0 Å². The summed E-state index contributed by atoms with van der Waals surface area (Å²) in [6.07, 6.45) is -4.92. The van der Waals surface area contributed by atoms with Crippen molar-refractivity contribution in [2.24, 2.45) is 5.92 Å². The molecule has 9 heteroatoms. The summed E-state index contributed by atoms with van der Waals surface area (Å²) in [5.74, 6) is -2.15. The molecule has 0 saturated carbocycles. The lowest BCUT2D eigenvalue weighted by molar-refractivity contribution is -0.169. The largest absolute Gasteiger partial charge is 0.469 e. The first-order valence-corrected chi connectivity index (χ1v) is 6.55. The second-order valence-electron chi connectivity index (χ2n) is 5.05. The van der Waals surface area contributed by atoms with Gasteiger partial charge in [0.1, 0.15) is 12.3 Å². The Kier molecular flexibility index (Phi) is 6.49. The maximum absolute atomic E-state index is 11.6. The number of ether oxygens (including phenoxy) is 1. The number of piperidine rings is 1. The molecule has 1 aliphatic heterocycles. The van der Waals surface area contributed by atoms with Crippen molar-refractivity contribution in [3.8, 4) is 0 Å². The molecule has 0 aliphatic carbocycles. The Bertz CT molecular complexity index is 379. The van der Waals surface area contributed by atoms with Gasteiger partial charge in [-0.3, -0.25) is 14.5 Å². The van der Waals surface area contributed by atoms with Gasteiger partial charge in [0.2, 0.25) is 5.91 Å². The number of esters is 1. The van der Waals surface area contributed by atoms with Crippen LogP contribution in [0.2, 0.25) is 0 Å². The maximum atomic E-state index is 11.6. The Morgan fingerprint density at radius 3 is 2.48 bits per heavy atom. The van der Waals surface area contributed by atoms with Crippen molar-refractivity contribution in [3.63, 3.8) is 0 Å². The lowest BCUT2D eigenvalue weighted by Crippen LogP contribution is -2.67. The number of nitrogens with zero attached hydrogens (tertiary/aromatic N) is 1. The molecule has 0 spiro atoms. The maximum Gasteiger partial charge on any atom is 0.312 e. The molecule has 0 unspecified atom stereocenters. The van der Waals surface area contributed by atoms with E-state index in [0.29, 0.717) is 0 Å². The smallest absolute Gasteiger partial charge is 0.312 e. The summed E-state index contributed by atoms with van der Waals surface area (Å²) >= 11 is 0. The van der Waals surface area contributed by atoms with Gasteiger partial charge in [-0.2, -0.15) is 0 Å². The molecule has 1 saturated heterocycles. The van der Waals surface area contributed by atoms with Crippen LogP contribution in [0.25, 0.3) is 0 Å². The van der Waals surface area contributed by atoms with E-state index >= 15 is 0 Å². The molecule has 0 bridgehead atoms. The number of likely N-dealkylation sites (tertiary alicyclic amines) is 1. The van der Waals surface area contributed by atoms with Crippen molar-refractivity contribution in [1.82, 2.24) is 10.2 Å². The van der Waals surface area contributed by atoms with Gasteiger partial charge in [0.25, 0.3) is 0 Å². The third-order valence-electron chi connectivity index (χ3n) is 3.42. The van der Waals surface area contributed by atoms with Gasteiger partial charge in [0, 0.05) is 20.0 Å². The van der Waals surface area contributed by atoms with Gasteiger partial charge in [-0.1, -0.05) is 0 Å². The number of aliphatic hydroxyl groups excluding tert-OH is 4. The fourth-order valence-corrected chi connectivity index (χ4v) is 2.38. The Balaban J connectivity index is 2.94. The van der Waals surface area contributed by atoms with E-state index in [9.17, 15) is 24.9 Å². The van der Waals surface area contributed by atoms with Crippen LogP contribution in [0.3, 0.4) is 0 Å². The summed E-state index contributed by atoms with van der Waals surface area (Å²) in [7, 11) is 1.16. The molecule has 9 nitrogen and oxygen atoms in total. The SMILES string of the molecule is COC(=O)[C@H]1CN(C[C@H](O)CO)[C@H](NC(C)=O)[C@@H](O)[C@H]1O. The number of rotatable bonds is 5. The van der Waals surface area contributed by atoms with E-state index in [2.05, 4.69) is 10.1 Å². The summed E-state index contributed by atoms with van der Waals surface area (Å²) in [5.41, 5.74) is 0. The minimum absolute atomic E-state index is 0.0348. The molecule has 21 heavy (non-hydrogen) atoms. The highest BCUT2D eigenvalue weighted by molar-refractivity contribution is 5.74. The standard InChI is InChI=1S/C12H22N2O7/c1-6(16)13-11-10(19)9(18)8(12(20)21-2)4-14(11)3-7(17)5-15/h7-11,15,17-19H,3-5H2,1-2H3,(H,13,16)/t7-,8-,9-,10-,11-/m0/s1. The number of amides is 1. The highest BCUT2D eigenvalue weighted by Crippen LogP contribution is 2.23. The van der Waals surface area contributed by atoms with Gasteiger partial charge in [-0.05, 0) is 0 Å². The minimum Gasteiger partial charge on any atom is -0.469 e. The lowest BCUT2D eigenvalue weighted by Gasteiger charge is -2.44. The van der Waals surface area contributed by atoms with Gasteiger partial charge in [-0.25, -0.2) is 0 Å². The van der Waals surface area contributed by atoms with E-state index < -0.39 is 48.9 Å². The fourth-order valence-electron chi connectivity index (χ4n) is 2.38. The topological polar surface area (TPSA) is 140 Å². The van der Waals surface area contributed by atoms with Crippen LogP contribution in [0.5, 0.6) is 0 Å². The van der Waals surface area contributed by atoms with Crippen LogP contribution in [0.4, 0.5) is 0 Å². The van der Waals surface area contributed by atoms with Crippen LogP contribution in [-0.2, 0) is 14.3 Å². The van der Waals surface area contributed by atoms with Crippen molar-refractivity contribution < 1.29 is 34.8 Å². The molecule has 5 atom stereocenters. The van der Waals surface area contributed by atoms with Gasteiger partial charge < -0.3 is 30.5 Å². The van der Waals surface area contributed by atoms with E-state index in [1.165, 1.54) is 11.8 Å². The van der Waals surface area contributed by atoms with E-state index in [0.717, 1.165) is 7.11 Å². The zero-order chi connectivity index (χ0) is 16.2. The highest BCUT2D eigenvalue weighted by Gasteiger charge is 2.46. The number of nitrogens with one attached hydrogen (secondary N) is 1. The molecule has 1 aliphatic rings. The molecular weight excluding hydrogens is 284 g/mol. The van der Waals surface area contributed by atoms with Gasteiger partial charge in [0.15, 0.2) is 0 Å². The molecule has 0 radical (unpaired) electrons. The molecule has 0 aromatic carbocycles. The number of hydrogen-bond donors (Lipinski definition) is 5. The number of β-amino-alcohol motifs (C(OH)–C–C–N with tert-alkyl or cyclic N) is 1. The van der Waals surface area contributed by atoms with Crippen LogP contribution < -0.4 is 5.32 Å². The van der Waals surface area contributed by atoms with E-state index in [1.807, 2.05) is 0 Å². The monoisotopic (exact) mass is 306 g/mol. The van der Waals surface area contributed by atoms with Crippen LogP contribution >= 0.6 is 0 Å². The van der Waals surface area contributed by atoms with Crippen LogP contribution in [0, 0.1) is 5.92 Å². The van der Waals surface area contributed by atoms with Gasteiger partial charge in [0.05, 0.1) is 31.8 Å². The first kappa shape index (κ1) is 17.8. The molecule has 1 heterocycles. The van der Waals surface area contributed by atoms with Crippen LogP contribution in [0.1, 0.15) is 6.92 Å². The molecule has 5 N–H and O–H groups in total. The van der Waals surface area contributed by atoms with E-state index in [-0.39, 0.29) is 13.1 Å². The van der Waals surface area contributed by atoms with Crippen molar-refractivity contribution in [1.29, 1.82) is 0 Å². The van der Waals surface area contributed by atoms with E-state index in [1.54, 1.807) is 0 Å². The molecule has 122 valence electrons. The Morgan fingerprint density at radius 1 is 1.38 bits per heavy atom. The Morgan fingerprint density at radius 2 is 2.00 bits per heavy atom. The Labute approximate surface area is 122 Å². The number of hydrogen-bond acceptors (Lipinski definition) is 8. The number of carbonyl (C=O) groups excluding carboxylic acids is 2. The first-order valence-electron chi connectivity index (χ1n) is 6.55. The molecular formula is C12H22N2O7. The zero-order valence-corrected chi connectivity index (χ0v) is 12.0. The highest BCUT2D eigenvalue weighted by atomic mass is 16.5. The second-order valence-corrected chi connectivity index (χ2v) is 5.05. The van der Waals surface area contributed by atoms with Crippen molar-refractivity contribution >= 4 is 11.9 Å². The first-order chi connectivity index (χ1) is 9.81. The fraction of sp³-hybridized carbons (Fsp3) is 0.833. The van der Waals surface area contributed by atoms with Gasteiger partial charge >= 0.3 is 5.97 Å². The summed E-state index contributed by atoms with van der Waals surface area (Å²) < 4.78 is 4.57. The number of carbonyl (C=O) groups is 2. The molecule has 0 aromatic rings. The van der Waals surface area contributed by atoms with Crippen LogP contribution in [-0.4, -0.2) is 88.5 Å². The average Bonchev–Trinajstić information content (AvgIpc) is 2.45. The normalized spacial score (nSPS) is 31.5. The van der Waals surface area contributed by atoms with Gasteiger partial charge in [-0.15, -0.1) is 0 Å². The summed E-state index contributed by atoms with van der Waals surface area (Å²) in [6.45, 7) is 0.614. The summed E-state index contributed by atoms with van der Waals surface area (Å²) in [6, 6.07) is 0. The molecule has 1 amide bonds. The molecule has 1 rings (SSSR count). The summed E-state index contributed by atoms with van der Waals surface area (Å²) in [4.78, 5) is 24.3. The third kappa shape index (κ3) is 4.35. The number of methoxy groups -OCH3 is 1. The number of aliphatic hydroxyl groups is 4. The lowest BCUT2D eigenvalue weighted by atomic mass is 9.90. The van der Waals surface area contributed by atoms with Crippen molar-refractivity contribution in [2.45, 2.75) is 31.4 Å². The minimum atomic E-state index is -1.43. The third-order valence-corrected chi connectivity index (χ3v) is 3.42. The second kappa shape index (κ2) is 7.66. The molecule has 1 fully saturated rings. The van der Waals surface area contributed by atoms with Crippen molar-refractivity contribution in [2.75, 3.05) is 26.8 Å². The average molecular weight is 306 g/mol. The zero-order valence-electron chi connectivity index (χ0n) is 12.0. The summed E-state index contributed by atoms with van der Waals surface area (Å²) in [5, 5.41) is 41.0.